The van der Waals surface area contributed by atoms with Crippen molar-refractivity contribution in [1.82, 2.24) is 14.1 Å². The number of hydrogen-bond acceptors (Lipinski definition) is 4. The van der Waals surface area contributed by atoms with Crippen LogP contribution in [0.4, 0.5) is 0 Å². The number of nitrogens with zero attached hydrogens (tertiary/aromatic N) is 3. The molecule has 8 heteroatoms. The van der Waals surface area contributed by atoms with Crippen molar-refractivity contribution in [3.63, 3.8) is 0 Å². The van der Waals surface area contributed by atoms with Gasteiger partial charge in [-0.25, -0.2) is 8.42 Å². The molecule has 0 saturated heterocycles. The third-order valence-electron chi connectivity index (χ3n) is 4.00. The highest BCUT2D eigenvalue weighted by molar-refractivity contribution is 7.89. The van der Waals surface area contributed by atoms with Gasteiger partial charge in [-0.3, -0.25) is 4.68 Å². The smallest absolute Gasteiger partial charge is 0.261 e. The van der Waals surface area contributed by atoms with Crippen molar-refractivity contribution < 1.29 is 8.42 Å². The van der Waals surface area contributed by atoms with Gasteiger partial charge in [0.2, 0.25) is 0 Å². The summed E-state index contributed by atoms with van der Waals surface area (Å²) in [7, 11) is -2.06. The molecule has 2 N–H and O–H groups in total. The lowest BCUT2D eigenvalue weighted by Gasteiger charge is -2.30. The Morgan fingerprint density at radius 1 is 1.55 bits per heavy atom. The summed E-state index contributed by atoms with van der Waals surface area (Å²) in [6, 6.07) is -0.0408. The second-order valence-corrected chi connectivity index (χ2v) is 7.34. The molecule has 0 aromatic carbocycles. The minimum Gasteiger partial charge on any atom is -0.330 e. The third-order valence-corrected chi connectivity index (χ3v) is 6.51. The van der Waals surface area contributed by atoms with Crippen LogP contribution in [0, 0.1) is 5.92 Å². The fraction of sp³-hybridized carbons (Fsp3) is 0.750. The molecule has 2 atom stereocenters. The summed E-state index contributed by atoms with van der Waals surface area (Å²) in [5.41, 5.74) is 5.77. The first-order valence-electron chi connectivity index (χ1n) is 6.82. The van der Waals surface area contributed by atoms with Crippen LogP contribution in [0.1, 0.15) is 26.2 Å². The monoisotopic (exact) mass is 320 g/mol. The molecular weight excluding hydrogens is 300 g/mol. The number of nitrogens with two attached hydrogens (primary N) is 1. The normalized spacial score (nSPS) is 23.6. The van der Waals surface area contributed by atoms with E-state index >= 15 is 0 Å². The maximum absolute atomic E-state index is 12.9. The van der Waals surface area contributed by atoms with Gasteiger partial charge >= 0.3 is 0 Å². The van der Waals surface area contributed by atoms with E-state index < -0.39 is 10.0 Å². The quantitative estimate of drug-likeness (QED) is 0.884. The highest BCUT2D eigenvalue weighted by Gasteiger charge is 2.39. The topological polar surface area (TPSA) is 81.2 Å². The lowest BCUT2D eigenvalue weighted by Crippen LogP contribution is -2.44. The molecule has 1 aliphatic rings. The van der Waals surface area contributed by atoms with Gasteiger partial charge in [0, 0.05) is 19.6 Å². The van der Waals surface area contributed by atoms with E-state index in [9.17, 15) is 8.42 Å². The summed E-state index contributed by atoms with van der Waals surface area (Å²) in [5.74, 6) is 0.219. The predicted octanol–water partition coefficient (Wildman–Crippen LogP) is 1.21. The van der Waals surface area contributed by atoms with E-state index in [0.717, 1.165) is 19.3 Å². The van der Waals surface area contributed by atoms with E-state index in [4.69, 9.17) is 17.3 Å². The highest BCUT2D eigenvalue weighted by Crippen LogP contribution is 2.34. The molecule has 1 aromatic rings. The minimum atomic E-state index is -3.65. The van der Waals surface area contributed by atoms with Crippen LogP contribution < -0.4 is 5.73 Å². The SMILES string of the molecule is CCN(C1CCCC1CN)S(=O)(=O)c1c(Cl)cnn1C. The van der Waals surface area contributed by atoms with Gasteiger partial charge in [-0.05, 0) is 25.3 Å². The van der Waals surface area contributed by atoms with Crippen LogP contribution in [0.25, 0.3) is 0 Å². The number of aryl methyl sites for hydroxylation is 1. The molecule has 2 rings (SSSR count). The van der Waals surface area contributed by atoms with Crippen LogP contribution in [-0.2, 0) is 17.1 Å². The zero-order chi connectivity index (χ0) is 14.9. The van der Waals surface area contributed by atoms with E-state index in [0.29, 0.717) is 13.1 Å². The average Bonchev–Trinajstić information content (AvgIpc) is 2.97. The first-order chi connectivity index (χ1) is 9.43. The van der Waals surface area contributed by atoms with Crippen molar-refractivity contribution in [2.75, 3.05) is 13.1 Å². The lowest BCUT2D eigenvalue weighted by molar-refractivity contribution is 0.274. The van der Waals surface area contributed by atoms with Crippen LogP contribution in [-0.4, -0.2) is 41.6 Å². The fourth-order valence-electron chi connectivity index (χ4n) is 3.05. The number of rotatable bonds is 5. The van der Waals surface area contributed by atoms with Crippen LogP contribution in [0.2, 0.25) is 5.02 Å². The van der Waals surface area contributed by atoms with Crippen molar-refractivity contribution in [1.29, 1.82) is 0 Å². The number of sulfonamides is 1. The van der Waals surface area contributed by atoms with Crippen LogP contribution in [0.5, 0.6) is 0 Å². The van der Waals surface area contributed by atoms with Crippen molar-refractivity contribution in [3.8, 4) is 0 Å². The molecule has 0 radical (unpaired) electrons. The van der Waals surface area contributed by atoms with Gasteiger partial charge in [-0.1, -0.05) is 24.9 Å². The Kier molecular flexibility index (Phi) is 4.73. The van der Waals surface area contributed by atoms with E-state index in [1.165, 1.54) is 15.2 Å². The van der Waals surface area contributed by atoms with Gasteiger partial charge < -0.3 is 5.73 Å². The fourth-order valence-corrected chi connectivity index (χ4v) is 5.39. The van der Waals surface area contributed by atoms with Crippen LogP contribution in [0.15, 0.2) is 11.2 Å². The van der Waals surface area contributed by atoms with Gasteiger partial charge in [0.25, 0.3) is 10.0 Å². The molecule has 1 saturated carbocycles. The standard InChI is InChI=1S/C12H21ClN4O2S/c1-3-17(11-6-4-5-9(11)7-14)20(18,19)12-10(13)8-15-16(12)2/h8-9,11H,3-7,14H2,1-2H3. The van der Waals surface area contributed by atoms with Gasteiger partial charge in [0.15, 0.2) is 5.03 Å². The Bertz CT molecular complexity index is 553. The molecule has 114 valence electrons. The second kappa shape index (κ2) is 6.01. The van der Waals surface area contributed by atoms with E-state index in [1.807, 2.05) is 6.92 Å². The Morgan fingerprint density at radius 2 is 2.25 bits per heavy atom. The zero-order valence-corrected chi connectivity index (χ0v) is 13.4. The Morgan fingerprint density at radius 3 is 2.75 bits per heavy atom. The van der Waals surface area contributed by atoms with Crippen LogP contribution >= 0.6 is 11.6 Å². The van der Waals surface area contributed by atoms with Crippen molar-refractivity contribution >= 4 is 21.6 Å². The molecule has 0 bridgehead atoms. The third kappa shape index (κ3) is 2.59. The average molecular weight is 321 g/mol. The van der Waals surface area contributed by atoms with Gasteiger partial charge in [-0.2, -0.15) is 9.40 Å². The van der Waals surface area contributed by atoms with Gasteiger partial charge in [0.1, 0.15) is 0 Å². The lowest BCUT2D eigenvalue weighted by atomic mass is 10.0. The summed E-state index contributed by atoms with van der Waals surface area (Å²) >= 11 is 5.99. The Balaban J connectivity index is 2.40. The van der Waals surface area contributed by atoms with Crippen molar-refractivity contribution in [3.05, 3.63) is 11.2 Å². The first kappa shape index (κ1) is 15.8. The summed E-state index contributed by atoms with van der Waals surface area (Å²) in [4.78, 5) is 0. The molecule has 6 nitrogen and oxygen atoms in total. The summed E-state index contributed by atoms with van der Waals surface area (Å²) in [6.07, 6.45) is 4.20. The molecule has 1 aromatic heterocycles. The highest BCUT2D eigenvalue weighted by atomic mass is 35.5. The Labute approximate surface area is 124 Å². The molecule has 0 spiro atoms. The van der Waals surface area contributed by atoms with E-state index in [-0.39, 0.29) is 22.0 Å². The molecular formula is C12H21ClN4O2S. The number of hydrogen-bond donors (Lipinski definition) is 1. The minimum absolute atomic E-state index is 0.0408. The number of aromatic nitrogens is 2. The van der Waals surface area contributed by atoms with Crippen molar-refractivity contribution in [2.24, 2.45) is 18.7 Å². The summed E-state index contributed by atoms with van der Waals surface area (Å²) < 4.78 is 28.5. The predicted molar refractivity (Wildman–Crippen MR) is 78.0 cm³/mol. The summed E-state index contributed by atoms with van der Waals surface area (Å²) in [5, 5.41) is 4.14. The second-order valence-electron chi connectivity index (χ2n) is 5.12. The first-order valence-corrected chi connectivity index (χ1v) is 8.64. The maximum Gasteiger partial charge on any atom is 0.261 e. The molecule has 20 heavy (non-hydrogen) atoms. The maximum atomic E-state index is 12.9. The van der Waals surface area contributed by atoms with Crippen molar-refractivity contribution in [2.45, 2.75) is 37.3 Å². The zero-order valence-electron chi connectivity index (χ0n) is 11.8. The molecule has 2 unspecified atom stereocenters. The van der Waals surface area contributed by atoms with E-state index in [2.05, 4.69) is 5.10 Å². The summed E-state index contributed by atoms with van der Waals surface area (Å²) in [6.45, 7) is 2.76. The van der Waals surface area contributed by atoms with Gasteiger partial charge in [-0.15, -0.1) is 0 Å². The van der Waals surface area contributed by atoms with Crippen LogP contribution in [0.3, 0.4) is 0 Å². The largest absolute Gasteiger partial charge is 0.330 e. The van der Waals surface area contributed by atoms with E-state index in [1.54, 1.807) is 7.05 Å². The number of halogens is 1. The molecule has 1 fully saturated rings. The van der Waals surface area contributed by atoms with Gasteiger partial charge in [0.05, 0.1) is 11.2 Å². The Hall–Kier alpha value is -0.630. The molecule has 1 heterocycles. The molecule has 0 aliphatic heterocycles. The molecule has 0 amide bonds. The molecule has 1 aliphatic carbocycles.